The molecule has 0 aliphatic heterocycles. The Kier molecular flexibility index (Phi) is 3.68. The summed E-state index contributed by atoms with van der Waals surface area (Å²) in [7, 11) is -0.699. The molecule has 0 saturated carbocycles. The Labute approximate surface area is 129 Å². The van der Waals surface area contributed by atoms with E-state index in [-0.39, 0.29) is 0 Å². The third-order valence-corrected chi connectivity index (χ3v) is 4.88. The maximum Gasteiger partial charge on any atom is 0.321 e. The van der Waals surface area contributed by atoms with E-state index in [0.29, 0.717) is 0 Å². The fourth-order valence-electron chi connectivity index (χ4n) is 2.40. The van der Waals surface area contributed by atoms with Gasteiger partial charge in [0.2, 0.25) is 0 Å². The van der Waals surface area contributed by atoms with Gasteiger partial charge in [-0.3, -0.25) is 0 Å². The minimum absolute atomic E-state index is 0.819. The van der Waals surface area contributed by atoms with Gasteiger partial charge < -0.3 is 0 Å². The summed E-state index contributed by atoms with van der Waals surface area (Å²) in [5, 5.41) is 4.09. The molecular formula is C17H16N2O2S. The van der Waals surface area contributed by atoms with Crippen molar-refractivity contribution in [2.75, 3.05) is 14.1 Å². The Morgan fingerprint density at radius 3 is 1.91 bits per heavy atom. The van der Waals surface area contributed by atoms with Gasteiger partial charge in [-0.05, 0) is 27.6 Å². The van der Waals surface area contributed by atoms with Crippen LogP contribution in [0.15, 0.2) is 59.0 Å². The summed E-state index contributed by atoms with van der Waals surface area (Å²) in [5.41, 5.74) is 0.819. The van der Waals surface area contributed by atoms with Crippen LogP contribution in [0, 0.1) is 0 Å². The maximum atomic E-state index is 11.9. The first kappa shape index (κ1) is 14.7. The smallest absolute Gasteiger partial charge is 0.189 e. The molecule has 0 unspecified atom stereocenters. The summed E-state index contributed by atoms with van der Waals surface area (Å²) in [4.78, 5) is 0. The lowest BCUT2D eigenvalue weighted by Crippen LogP contribution is -2.19. The molecule has 0 saturated heterocycles. The lowest BCUT2D eigenvalue weighted by Gasteiger charge is -2.09. The number of nitrogens with zero attached hydrogens (tertiary/aromatic N) is 2. The second-order valence-electron chi connectivity index (χ2n) is 5.23. The quantitative estimate of drug-likeness (QED) is 0.551. The van der Waals surface area contributed by atoms with E-state index in [1.54, 1.807) is 0 Å². The van der Waals surface area contributed by atoms with E-state index in [9.17, 15) is 8.42 Å². The molecule has 112 valence electrons. The zero-order chi connectivity index (χ0) is 15.7. The monoisotopic (exact) mass is 312 g/mol. The van der Waals surface area contributed by atoms with Crippen molar-refractivity contribution >= 4 is 38.0 Å². The molecule has 0 spiro atoms. The van der Waals surface area contributed by atoms with E-state index in [0.717, 1.165) is 31.4 Å². The molecule has 0 radical (unpaired) electrons. The molecule has 3 aromatic carbocycles. The highest BCUT2D eigenvalue weighted by atomic mass is 32.2. The highest BCUT2D eigenvalue weighted by Crippen LogP contribution is 2.27. The van der Waals surface area contributed by atoms with Crippen molar-refractivity contribution in [3.63, 3.8) is 0 Å². The summed E-state index contributed by atoms with van der Waals surface area (Å²) in [6.45, 7) is 0. The van der Waals surface area contributed by atoms with Gasteiger partial charge in [0.15, 0.2) is 0 Å². The van der Waals surface area contributed by atoms with Crippen molar-refractivity contribution in [3.8, 4) is 0 Å². The van der Waals surface area contributed by atoms with Gasteiger partial charge in [0.25, 0.3) is 0 Å². The first-order valence-corrected chi connectivity index (χ1v) is 8.27. The first-order chi connectivity index (χ1) is 10.5. The predicted octanol–water partition coefficient (Wildman–Crippen LogP) is 3.22. The number of rotatable bonds is 3. The van der Waals surface area contributed by atoms with E-state index in [4.69, 9.17) is 0 Å². The van der Waals surface area contributed by atoms with Crippen molar-refractivity contribution < 1.29 is 8.42 Å². The van der Waals surface area contributed by atoms with Crippen molar-refractivity contribution in [3.05, 3.63) is 60.2 Å². The second-order valence-corrected chi connectivity index (χ2v) is 7.06. The molecule has 3 rings (SSSR count). The van der Waals surface area contributed by atoms with Crippen LogP contribution >= 0.6 is 0 Å². The summed E-state index contributed by atoms with van der Waals surface area (Å²) in [5.74, 6) is 0. The number of benzene rings is 3. The third-order valence-electron chi connectivity index (χ3n) is 3.59. The fourth-order valence-corrected chi connectivity index (χ4v) is 2.83. The van der Waals surface area contributed by atoms with E-state index in [1.807, 2.05) is 48.5 Å². The Bertz CT molecular complexity index is 922. The highest BCUT2D eigenvalue weighted by molar-refractivity contribution is 7.87. The van der Waals surface area contributed by atoms with Gasteiger partial charge in [-0.25, -0.2) is 0 Å². The minimum atomic E-state index is -3.63. The fraction of sp³-hybridized carbons (Fsp3) is 0.118. The van der Waals surface area contributed by atoms with Crippen LogP contribution in [0.2, 0.25) is 0 Å². The molecule has 22 heavy (non-hydrogen) atoms. The first-order valence-electron chi connectivity index (χ1n) is 6.87. The Morgan fingerprint density at radius 2 is 1.41 bits per heavy atom. The van der Waals surface area contributed by atoms with Gasteiger partial charge in [0, 0.05) is 25.9 Å². The van der Waals surface area contributed by atoms with Crippen LogP contribution in [0.1, 0.15) is 5.56 Å². The maximum absolute atomic E-state index is 11.9. The van der Waals surface area contributed by atoms with Gasteiger partial charge >= 0.3 is 10.2 Å². The Morgan fingerprint density at radius 1 is 0.909 bits per heavy atom. The number of hydrogen-bond acceptors (Lipinski definition) is 2. The average molecular weight is 312 g/mol. The molecule has 0 aliphatic carbocycles. The van der Waals surface area contributed by atoms with Gasteiger partial charge in [0.05, 0.1) is 0 Å². The number of hydrogen-bond donors (Lipinski definition) is 0. The zero-order valence-electron chi connectivity index (χ0n) is 12.4. The molecule has 0 bridgehead atoms. The summed E-state index contributed by atoms with van der Waals surface area (Å²) in [6.07, 6.45) is 1.44. The molecule has 0 fully saturated rings. The summed E-state index contributed by atoms with van der Waals surface area (Å²) < 4.78 is 28.7. The van der Waals surface area contributed by atoms with Gasteiger partial charge in [-0.1, -0.05) is 48.5 Å². The summed E-state index contributed by atoms with van der Waals surface area (Å²) in [6, 6.07) is 17.9. The van der Waals surface area contributed by atoms with Crippen molar-refractivity contribution in [1.29, 1.82) is 0 Å². The van der Waals surface area contributed by atoms with Crippen molar-refractivity contribution in [2.45, 2.75) is 0 Å². The summed E-state index contributed by atoms with van der Waals surface area (Å²) >= 11 is 0. The minimum Gasteiger partial charge on any atom is -0.189 e. The van der Waals surface area contributed by atoms with E-state index in [1.165, 1.54) is 20.3 Å². The van der Waals surface area contributed by atoms with Crippen LogP contribution in [0.5, 0.6) is 0 Å². The topological polar surface area (TPSA) is 49.7 Å². The van der Waals surface area contributed by atoms with Crippen LogP contribution in [0.4, 0.5) is 0 Å². The van der Waals surface area contributed by atoms with E-state index < -0.39 is 10.2 Å². The van der Waals surface area contributed by atoms with Gasteiger partial charge in [-0.2, -0.15) is 17.1 Å². The third kappa shape index (κ3) is 2.61. The van der Waals surface area contributed by atoms with Crippen LogP contribution in [0.25, 0.3) is 21.5 Å². The van der Waals surface area contributed by atoms with Gasteiger partial charge in [-0.15, -0.1) is 0 Å². The van der Waals surface area contributed by atoms with E-state index >= 15 is 0 Å². The van der Waals surface area contributed by atoms with Crippen LogP contribution in [-0.2, 0) is 10.2 Å². The Hall–Kier alpha value is -2.24. The molecule has 0 heterocycles. The zero-order valence-corrected chi connectivity index (χ0v) is 13.2. The molecule has 0 atom stereocenters. The SMILES string of the molecule is CN(C)S(=O)(=O)/N=C/c1c2ccccc2cc2ccccc12. The van der Waals surface area contributed by atoms with Crippen LogP contribution < -0.4 is 0 Å². The van der Waals surface area contributed by atoms with Gasteiger partial charge in [0.1, 0.15) is 0 Å². The molecular weight excluding hydrogens is 296 g/mol. The lowest BCUT2D eigenvalue weighted by atomic mass is 9.97. The highest BCUT2D eigenvalue weighted by Gasteiger charge is 2.11. The van der Waals surface area contributed by atoms with Crippen LogP contribution in [0.3, 0.4) is 0 Å². The number of fused-ring (bicyclic) bond motifs is 2. The molecule has 0 aromatic heterocycles. The predicted molar refractivity (Wildman–Crippen MR) is 91.7 cm³/mol. The lowest BCUT2D eigenvalue weighted by molar-refractivity contribution is 0.523. The standard InChI is InChI=1S/C17H16N2O2S/c1-19(2)22(20,21)18-12-17-15-9-5-3-7-13(15)11-14-8-4-6-10-16(14)17/h3-12H,1-2H3/b18-12+. The Balaban J connectivity index is 2.32. The second kappa shape index (κ2) is 5.51. The molecule has 0 amide bonds. The normalized spacial score (nSPS) is 12.7. The van der Waals surface area contributed by atoms with E-state index in [2.05, 4.69) is 10.5 Å². The molecule has 4 nitrogen and oxygen atoms in total. The average Bonchev–Trinajstić information content (AvgIpc) is 2.51. The largest absolute Gasteiger partial charge is 0.321 e. The van der Waals surface area contributed by atoms with Crippen LogP contribution in [-0.4, -0.2) is 33.0 Å². The molecule has 0 N–H and O–H groups in total. The molecule has 0 aliphatic rings. The molecule has 5 heteroatoms. The van der Waals surface area contributed by atoms with Crippen molar-refractivity contribution in [2.24, 2.45) is 4.40 Å². The molecule has 3 aromatic rings. The van der Waals surface area contributed by atoms with Crippen molar-refractivity contribution in [1.82, 2.24) is 4.31 Å².